The van der Waals surface area contributed by atoms with Crippen LogP contribution in [0.3, 0.4) is 0 Å². The minimum atomic E-state index is -0.201. The van der Waals surface area contributed by atoms with Crippen molar-refractivity contribution in [1.82, 2.24) is 17.6 Å². The third-order valence-corrected chi connectivity index (χ3v) is 7.14. The van der Waals surface area contributed by atoms with Crippen molar-refractivity contribution in [2.24, 2.45) is 0 Å². The second-order valence-corrected chi connectivity index (χ2v) is 8.43. The predicted octanol–water partition coefficient (Wildman–Crippen LogP) is -1.49. The number of fused-ring (bicyclic) bond motifs is 1. The van der Waals surface area contributed by atoms with E-state index in [1.54, 1.807) is 0 Å². The minimum absolute atomic E-state index is 0.00280. The molecule has 0 saturated carbocycles. The van der Waals surface area contributed by atoms with Crippen molar-refractivity contribution >= 4 is 16.9 Å². The van der Waals surface area contributed by atoms with E-state index in [1.165, 1.54) is 0 Å². The first-order valence-electron chi connectivity index (χ1n) is 7.99. The molecule has 0 amide bonds. The fourth-order valence-corrected chi connectivity index (χ4v) is 5.45. The fourth-order valence-electron chi connectivity index (χ4n) is 2.93. The second kappa shape index (κ2) is 6.94. The predicted molar refractivity (Wildman–Crippen MR) is 90.6 cm³/mol. The second-order valence-electron chi connectivity index (χ2n) is 5.70. The van der Waals surface area contributed by atoms with Gasteiger partial charge < -0.3 is 0 Å². The molecular formula is C17H19IN5O-. The summed E-state index contributed by atoms with van der Waals surface area (Å²) in [5, 5.41) is 0. The summed E-state index contributed by atoms with van der Waals surface area (Å²) in [5.41, 5.74) is 1.93. The summed E-state index contributed by atoms with van der Waals surface area (Å²) in [6.07, 6.45) is 1.85. The Balaban J connectivity index is 1.37. The van der Waals surface area contributed by atoms with Crippen LogP contribution in [0.2, 0.25) is 0 Å². The van der Waals surface area contributed by atoms with Crippen molar-refractivity contribution in [1.29, 1.82) is 0 Å². The number of aromatic nitrogens is 3. The van der Waals surface area contributed by atoms with Gasteiger partial charge in [0.05, 0.1) is 0 Å². The van der Waals surface area contributed by atoms with Gasteiger partial charge in [0.25, 0.3) is 0 Å². The van der Waals surface area contributed by atoms with Crippen LogP contribution in [0, 0.1) is 0 Å². The molecule has 7 heteroatoms. The molecule has 0 bridgehead atoms. The van der Waals surface area contributed by atoms with Crippen molar-refractivity contribution in [3.63, 3.8) is 0 Å². The molecule has 3 aromatic rings. The number of rotatable bonds is 4. The number of alkyl halides is 1. The topological polar surface area (TPSA) is 57.2 Å². The molecule has 4 rings (SSSR count). The maximum absolute atomic E-state index is 12.1. The number of nitrogens with zero attached hydrogens (tertiary/aromatic N) is 4. The molecule has 0 unspecified atom stereocenters. The average Bonchev–Trinajstić information content (AvgIpc) is 2.96. The summed E-state index contributed by atoms with van der Waals surface area (Å²) in [6, 6.07) is 13.9. The number of piperazine rings is 1. The van der Waals surface area contributed by atoms with Crippen LogP contribution in [0.5, 0.6) is 0 Å². The van der Waals surface area contributed by atoms with E-state index < -0.39 is 0 Å². The van der Waals surface area contributed by atoms with Gasteiger partial charge in [-0.25, -0.2) is 0 Å². The number of anilines is 1. The molecule has 24 heavy (non-hydrogen) atoms. The first-order chi connectivity index (χ1) is 11.8. The van der Waals surface area contributed by atoms with Crippen LogP contribution in [0.4, 0.5) is 5.82 Å². The molecule has 1 fully saturated rings. The van der Waals surface area contributed by atoms with Gasteiger partial charge in [0.15, 0.2) is 0 Å². The average molecular weight is 436 g/mol. The van der Waals surface area contributed by atoms with Crippen LogP contribution in [0.1, 0.15) is 0 Å². The molecule has 0 radical (unpaired) electrons. The number of nitrogens with one attached hydrogen (secondary N) is 1. The van der Waals surface area contributed by atoms with Crippen molar-refractivity contribution < 1.29 is 21.5 Å². The van der Waals surface area contributed by atoms with Crippen LogP contribution in [0.15, 0.2) is 53.5 Å². The van der Waals surface area contributed by atoms with Crippen molar-refractivity contribution in [2.75, 3.05) is 31.1 Å². The van der Waals surface area contributed by atoms with Crippen LogP contribution in [-0.4, -0.2) is 43.8 Å². The zero-order chi connectivity index (χ0) is 16.4. The molecule has 1 aromatic carbocycles. The third kappa shape index (κ3) is 3.18. The Labute approximate surface area is 150 Å². The number of H-pyrrole nitrogens is 1. The van der Waals surface area contributed by atoms with Gasteiger partial charge in [-0.3, -0.25) is 0 Å². The molecule has 126 valence electrons. The summed E-state index contributed by atoms with van der Waals surface area (Å²) in [5.74, 6) is 1.06. The van der Waals surface area contributed by atoms with E-state index in [1.807, 2.05) is 47.2 Å². The van der Waals surface area contributed by atoms with Gasteiger partial charge >= 0.3 is 151 Å². The molecule has 1 aliphatic rings. The van der Waals surface area contributed by atoms with Gasteiger partial charge in [-0.15, -0.1) is 0 Å². The van der Waals surface area contributed by atoms with Crippen LogP contribution < -0.4 is 32.1 Å². The van der Waals surface area contributed by atoms with Gasteiger partial charge in [0.1, 0.15) is 0 Å². The van der Waals surface area contributed by atoms with E-state index in [2.05, 4.69) is 24.0 Å². The summed E-state index contributed by atoms with van der Waals surface area (Å²) >= 11 is -0.201. The number of hydrogen-bond acceptors (Lipinski definition) is 4. The molecule has 3 heterocycles. The standard InChI is InChI=1S/C17H19IN5O/c24-17-20-14-5-1-2-6-15(14)23(17)13-18-22-11-9-21(10-12-22)16-7-3-4-8-19-16/h1-8H,9-13H2,(H,20,24)/q-1. The molecule has 0 aliphatic carbocycles. The molecule has 6 nitrogen and oxygen atoms in total. The summed E-state index contributed by atoms with van der Waals surface area (Å²) in [4.78, 5) is 21.8. The normalized spacial score (nSPS) is 16.1. The monoisotopic (exact) mass is 436 g/mol. The van der Waals surface area contributed by atoms with Gasteiger partial charge in [-0.05, 0) is 0 Å². The van der Waals surface area contributed by atoms with E-state index in [9.17, 15) is 4.79 Å². The Hall–Kier alpha value is -1.87. The Morgan fingerprint density at radius 3 is 2.62 bits per heavy atom. The summed E-state index contributed by atoms with van der Waals surface area (Å²) in [7, 11) is 0. The SMILES string of the molecule is O=c1[nH]c2ccccc2n1C[I-]N1CCN(c2ccccn2)CC1. The Morgan fingerprint density at radius 1 is 1.04 bits per heavy atom. The molecule has 2 aromatic heterocycles. The first kappa shape index (κ1) is 15.6. The summed E-state index contributed by atoms with van der Waals surface area (Å²) in [6.45, 7) is 4.08. The van der Waals surface area contributed by atoms with E-state index in [0.29, 0.717) is 0 Å². The Kier molecular flexibility index (Phi) is 4.52. The number of benzene rings is 1. The summed E-state index contributed by atoms with van der Waals surface area (Å²) < 4.78 is 5.23. The van der Waals surface area contributed by atoms with Crippen LogP contribution >= 0.6 is 0 Å². The fraction of sp³-hybridized carbons (Fsp3) is 0.294. The quantitative estimate of drug-likeness (QED) is 0.308. The third-order valence-electron chi connectivity index (χ3n) is 4.22. The van der Waals surface area contributed by atoms with Crippen LogP contribution in [-0.2, 0) is 4.55 Å². The number of para-hydroxylation sites is 2. The molecule has 1 N–H and O–H groups in total. The van der Waals surface area contributed by atoms with E-state index in [0.717, 1.165) is 47.6 Å². The van der Waals surface area contributed by atoms with Crippen molar-refractivity contribution in [3.05, 3.63) is 59.1 Å². The van der Waals surface area contributed by atoms with Gasteiger partial charge in [-0.2, -0.15) is 0 Å². The van der Waals surface area contributed by atoms with Crippen LogP contribution in [0.25, 0.3) is 11.0 Å². The molecular weight excluding hydrogens is 417 g/mol. The van der Waals surface area contributed by atoms with E-state index >= 15 is 0 Å². The number of hydrogen-bond donors (Lipinski definition) is 1. The molecule has 0 spiro atoms. The number of aromatic amines is 1. The Bertz CT molecular complexity index is 867. The Morgan fingerprint density at radius 2 is 1.83 bits per heavy atom. The zero-order valence-corrected chi connectivity index (χ0v) is 15.4. The molecule has 1 aliphatic heterocycles. The maximum atomic E-state index is 12.1. The van der Waals surface area contributed by atoms with Crippen molar-refractivity contribution in [2.45, 2.75) is 4.55 Å². The molecule has 1 saturated heterocycles. The number of pyridine rings is 1. The van der Waals surface area contributed by atoms with E-state index in [4.69, 9.17) is 0 Å². The van der Waals surface area contributed by atoms with Gasteiger partial charge in [0.2, 0.25) is 0 Å². The van der Waals surface area contributed by atoms with E-state index in [-0.39, 0.29) is 27.2 Å². The number of imidazole rings is 1. The van der Waals surface area contributed by atoms with Gasteiger partial charge in [0, 0.05) is 0 Å². The number of halogens is 1. The first-order valence-corrected chi connectivity index (χ1v) is 10.5. The molecule has 0 atom stereocenters. The zero-order valence-electron chi connectivity index (χ0n) is 13.2. The van der Waals surface area contributed by atoms with Crippen molar-refractivity contribution in [3.8, 4) is 0 Å². The van der Waals surface area contributed by atoms with Gasteiger partial charge in [-0.1, -0.05) is 0 Å².